The molecule has 0 bridgehead atoms. The summed E-state index contributed by atoms with van der Waals surface area (Å²) in [5.74, 6) is 0. The number of para-hydroxylation sites is 1. The van der Waals surface area contributed by atoms with Crippen LogP contribution in [0.25, 0.3) is 11.1 Å². The fourth-order valence-electron chi connectivity index (χ4n) is 2.46. The van der Waals surface area contributed by atoms with E-state index in [2.05, 4.69) is 53.8 Å². The summed E-state index contributed by atoms with van der Waals surface area (Å²) in [6.45, 7) is 1.39. The smallest absolute Gasteiger partial charge is 0.0664 e. The van der Waals surface area contributed by atoms with Crippen molar-refractivity contribution >= 4 is 5.69 Å². The molecule has 2 aromatic carbocycles. The maximum atomic E-state index is 5.62. The molecular weight excluding hydrogens is 260 g/mol. The lowest BCUT2D eigenvalue weighted by molar-refractivity contribution is 0.182. The largest absolute Gasteiger partial charge is 0.383 e. The van der Waals surface area contributed by atoms with Gasteiger partial charge in [0.05, 0.1) is 6.61 Å². The molecule has 0 saturated heterocycles. The van der Waals surface area contributed by atoms with Gasteiger partial charge in [-0.15, -0.1) is 0 Å². The molecule has 21 heavy (non-hydrogen) atoms. The Hall–Kier alpha value is -1.84. The number of nitrogens with two attached hydrogens (primary N) is 1. The minimum Gasteiger partial charge on any atom is -0.383 e. The van der Waals surface area contributed by atoms with Crippen molar-refractivity contribution in [3.8, 4) is 11.1 Å². The van der Waals surface area contributed by atoms with Crippen LogP contribution in [0.5, 0.6) is 0 Å². The molecule has 0 aliphatic rings. The Morgan fingerprint density at radius 3 is 2.48 bits per heavy atom. The van der Waals surface area contributed by atoms with Crippen molar-refractivity contribution < 1.29 is 4.74 Å². The van der Waals surface area contributed by atoms with E-state index in [0.29, 0.717) is 13.2 Å². The highest BCUT2D eigenvalue weighted by molar-refractivity contribution is 5.77. The first-order chi connectivity index (χ1) is 10.3. The van der Waals surface area contributed by atoms with E-state index in [9.17, 15) is 0 Å². The van der Waals surface area contributed by atoms with Crippen LogP contribution in [0.4, 0.5) is 5.69 Å². The van der Waals surface area contributed by atoms with Crippen molar-refractivity contribution in [1.29, 1.82) is 0 Å². The zero-order valence-electron chi connectivity index (χ0n) is 12.6. The first kappa shape index (κ1) is 15.5. The van der Waals surface area contributed by atoms with Gasteiger partial charge in [-0.3, -0.25) is 0 Å². The molecule has 0 spiro atoms. The van der Waals surface area contributed by atoms with E-state index < -0.39 is 0 Å². The van der Waals surface area contributed by atoms with Crippen LogP contribution in [0, 0.1) is 0 Å². The second-order valence-electron chi connectivity index (χ2n) is 5.14. The van der Waals surface area contributed by atoms with Crippen LogP contribution < -0.4 is 11.1 Å². The number of benzene rings is 2. The molecule has 0 aromatic heterocycles. The first-order valence-corrected chi connectivity index (χ1v) is 7.45. The second kappa shape index (κ2) is 8.45. The van der Waals surface area contributed by atoms with Gasteiger partial charge >= 0.3 is 0 Å². The maximum Gasteiger partial charge on any atom is 0.0664 e. The third-order valence-electron chi connectivity index (χ3n) is 3.50. The molecule has 0 radical (unpaired) electrons. The summed E-state index contributed by atoms with van der Waals surface area (Å²) in [6.07, 6.45) is 2.00. The van der Waals surface area contributed by atoms with Gasteiger partial charge in [0.15, 0.2) is 0 Å². The summed E-state index contributed by atoms with van der Waals surface area (Å²) < 4.78 is 5.32. The predicted octanol–water partition coefficient (Wildman–Crippen LogP) is 3.52. The number of hydrogen-bond donors (Lipinski definition) is 2. The summed E-state index contributed by atoms with van der Waals surface area (Å²) in [4.78, 5) is 0. The SMILES string of the molecule is COCC(CCCN)Nc1ccccc1-c1ccccc1. The minimum absolute atomic E-state index is 0.281. The van der Waals surface area contributed by atoms with Crippen LogP contribution in [0.2, 0.25) is 0 Å². The Morgan fingerprint density at radius 1 is 1.05 bits per heavy atom. The van der Waals surface area contributed by atoms with Gasteiger partial charge in [-0.05, 0) is 31.0 Å². The molecule has 1 atom stereocenters. The van der Waals surface area contributed by atoms with Gasteiger partial charge in [0.1, 0.15) is 0 Å². The van der Waals surface area contributed by atoms with Gasteiger partial charge in [-0.2, -0.15) is 0 Å². The standard InChI is InChI=1S/C18H24N2O/c1-21-14-16(10-7-13-19)20-18-12-6-5-11-17(18)15-8-3-2-4-9-15/h2-6,8-9,11-12,16,20H,7,10,13-14,19H2,1H3. The van der Waals surface area contributed by atoms with E-state index in [1.807, 2.05) is 6.07 Å². The van der Waals surface area contributed by atoms with Crippen molar-refractivity contribution in [3.05, 3.63) is 54.6 Å². The zero-order chi connectivity index (χ0) is 14.9. The number of hydrogen-bond acceptors (Lipinski definition) is 3. The maximum absolute atomic E-state index is 5.62. The molecule has 3 N–H and O–H groups in total. The fraction of sp³-hybridized carbons (Fsp3) is 0.333. The number of nitrogens with one attached hydrogen (secondary N) is 1. The fourth-order valence-corrected chi connectivity index (χ4v) is 2.46. The molecule has 0 saturated carbocycles. The third-order valence-corrected chi connectivity index (χ3v) is 3.50. The van der Waals surface area contributed by atoms with E-state index in [-0.39, 0.29) is 6.04 Å². The van der Waals surface area contributed by atoms with Crippen molar-refractivity contribution in [2.45, 2.75) is 18.9 Å². The normalized spacial score (nSPS) is 12.1. The lowest BCUT2D eigenvalue weighted by Gasteiger charge is -2.21. The predicted molar refractivity (Wildman–Crippen MR) is 89.5 cm³/mol. The van der Waals surface area contributed by atoms with Crippen LogP contribution in [-0.4, -0.2) is 26.3 Å². The van der Waals surface area contributed by atoms with Crippen molar-refractivity contribution in [1.82, 2.24) is 0 Å². The molecule has 2 rings (SSSR count). The van der Waals surface area contributed by atoms with Gasteiger partial charge in [0.2, 0.25) is 0 Å². The van der Waals surface area contributed by atoms with E-state index in [4.69, 9.17) is 10.5 Å². The summed E-state index contributed by atoms with van der Waals surface area (Å²) in [5, 5.41) is 3.60. The van der Waals surface area contributed by atoms with Crippen molar-refractivity contribution in [3.63, 3.8) is 0 Å². The van der Waals surface area contributed by atoms with Gasteiger partial charge in [0, 0.05) is 24.4 Å². The second-order valence-corrected chi connectivity index (χ2v) is 5.14. The highest BCUT2D eigenvalue weighted by atomic mass is 16.5. The molecule has 1 unspecified atom stereocenters. The average Bonchev–Trinajstić information content (AvgIpc) is 2.54. The third kappa shape index (κ3) is 4.59. The van der Waals surface area contributed by atoms with Crippen LogP contribution in [0.15, 0.2) is 54.6 Å². The molecule has 0 heterocycles. The molecule has 0 fully saturated rings. The summed E-state index contributed by atoms with van der Waals surface area (Å²) >= 11 is 0. The lowest BCUT2D eigenvalue weighted by Crippen LogP contribution is -2.26. The minimum atomic E-state index is 0.281. The van der Waals surface area contributed by atoms with E-state index in [1.54, 1.807) is 7.11 Å². The molecule has 0 amide bonds. The van der Waals surface area contributed by atoms with Gasteiger partial charge in [-0.1, -0.05) is 48.5 Å². The molecule has 0 aliphatic heterocycles. The first-order valence-electron chi connectivity index (χ1n) is 7.45. The zero-order valence-corrected chi connectivity index (χ0v) is 12.6. The van der Waals surface area contributed by atoms with E-state index in [1.165, 1.54) is 11.1 Å². The molecule has 3 heteroatoms. The molecule has 0 aliphatic carbocycles. The topological polar surface area (TPSA) is 47.3 Å². The summed E-state index contributed by atoms with van der Waals surface area (Å²) in [7, 11) is 1.74. The van der Waals surface area contributed by atoms with E-state index in [0.717, 1.165) is 18.5 Å². The molecule has 112 valence electrons. The molecule has 3 nitrogen and oxygen atoms in total. The molecular formula is C18H24N2O. The Balaban J connectivity index is 2.19. The molecule has 2 aromatic rings. The van der Waals surface area contributed by atoms with E-state index >= 15 is 0 Å². The van der Waals surface area contributed by atoms with Gasteiger partial charge in [0.25, 0.3) is 0 Å². The Morgan fingerprint density at radius 2 is 1.76 bits per heavy atom. The summed E-state index contributed by atoms with van der Waals surface area (Å²) in [5.41, 5.74) is 9.19. The quantitative estimate of drug-likeness (QED) is 0.779. The monoisotopic (exact) mass is 284 g/mol. The van der Waals surface area contributed by atoms with Gasteiger partial charge in [-0.25, -0.2) is 0 Å². The van der Waals surface area contributed by atoms with Crippen LogP contribution in [0.3, 0.4) is 0 Å². The summed E-state index contributed by atoms with van der Waals surface area (Å²) in [6, 6.07) is 19.1. The van der Waals surface area contributed by atoms with Crippen LogP contribution >= 0.6 is 0 Å². The van der Waals surface area contributed by atoms with Gasteiger partial charge < -0.3 is 15.8 Å². The average molecular weight is 284 g/mol. The van der Waals surface area contributed by atoms with Crippen LogP contribution in [-0.2, 0) is 4.74 Å². The van der Waals surface area contributed by atoms with Crippen molar-refractivity contribution in [2.24, 2.45) is 5.73 Å². The highest BCUT2D eigenvalue weighted by Gasteiger charge is 2.11. The van der Waals surface area contributed by atoms with Crippen LogP contribution in [0.1, 0.15) is 12.8 Å². The Kier molecular flexibility index (Phi) is 6.25. The Bertz CT molecular complexity index is 528. The number of anilines is 1. The Labute approximate surface area is 127 Å². The number of rotatable bonds is 8. The number of methoxy groups -OCH3 is 1. The van der Waals surface area contributed by atoms with Crippen molar-refractivity contribution in [2.75, 3.05) is 25.6 Å². The number of ether oxygens (including phenoxy) is 1. The highest BCUT2D eigenvalue weighted by Crippen LogP contribution is 2.28. The lowest BCUT2D eigenvalue weighted by atomic mass is 10.0.